The number of hydrogen-bond acceptors (Lipinski definition) is 7. The predicted molar refractivity (Wildman–Crippen MR) is 73.7 cm³/mol. The Kier molecular flexibility index (Phi) is 3.22. The summed E-state index contributed by atoms with van der Waals surface area (Å²) >= 11 is 0. The summed E-state index contributed by atoms with van der Waals surface area (Å²) in [6.07, 6.45) is 1.65. The Hall–Kier alpha value is -2.97. The number of nitro groups is 1. The zero-order chi connectivity index (χ0) is 14.8. The minimum atomic E-state index is -0.473. The van der Waals surface area contributed by atoms with Gasteiger partial charge in [0, 0.05) is 12.6 Å². The molecule has 9 nitrogen and oxygen atoms in total. The molecule has 21 heavy (non-hydrogen) atoms. The van der Waals surface area contributed by atoms with Crippen molar-refractivity contribution in [3.8, 4) is 0 Å². The molecule has 9 heteroatoms. The predicted octanol–water partition coefficient (Wildman–Crippen LogP) is 1.96. The lowest BCUT2D eigenvalue weighted by molar-refractivity contribution is -0.384. The van der Waals surface area contributed by atoms with Gasteiger partial charge in [0.1, 0.15) is 11.8 Å². The van der Waals surface area contributed by atoms with Gasteiger partial charge in [0.05, 0.1) is 17.5 Å². The zero-order valence-electron chi connectivity index (χ0n) is 11.2. The maximum atomic E-state index is 10.7. The molecule has 0 atom stereocenters. The van der Waals surface area contributed by atoms with Gasteiger partial charge in [0.15, 0.2) is 11.4 Å². The van der Waals surface area contributed by atoms with Crippen LogP contribution in [0.25, 0.3) is 11.1 Å². The van der Waals surface area contributed by atoms with Crippen LogP contribution in [0.15, 0.2) is 28.9 Å². The van der Waals surface area contributed by atoms with Crippen LogP contribution in [0.2, 0.25) is 0 Å². The van der Waals surface area contributed by atoms with Gasteiger partial charge in [-0.25, -0.2) is 0 Å². The molecule has 0 fully saturated rings. The highest BCUT2D eigenvalue weighted by atomic mass is 16.6. The number of nitrogens with zero attached hydrogens (tertiary/aromatic N) is 5. The van der Waals surface area contributed by atoms with E-state index in [9.17, 15) is 10.1 Å². The summed E-state index contributed by atoms with van der Waals surface area (Å²) in [5.41, 5.74) is 0.889. The first-order chi connectivity index (χ1) is 10.2. The van der Waals surface area contributed by atoms with E-state index in [0.717, 1.165) is 12.4 Å². The number of fused-ring (bicyclic) bond motifs is 1. The van der Waals surface area contributed by atoms with Crippen LogP contribution >= 0.6 is 0 Å². The average molecular weight is 288 g/mol. The van der Waals surface area contributed by atoms with Gasteiger partial charge < -0.3 is 14.3 Å². The van der Waals surface area contributed by atoms with Crippen molar-refractivity contribution in [2.24, 2.45) is 0 Å². The van der Waals surface area contributed by atoms with E-state index in [4.69, 9.17) is 4.42 Å². The molecule has 0 unspecified atom stereocenters. The smallest absolute Gasteiger partial charge is 0.296 e. The molecule has 3 rings (SSSR count). The fraction of sp³-hybridized carbons (Fsp3) is 0.250. The molecule has 0 saturated heterocycles. The number of aromatic nitrogens is 4. The Bertz CT molecular complexity index is 793. The SMILES string of the molecule is CCn1cnnc1CNc1nc2ccc([N+](=O)[O-])cc2o1. The number of non-ortho nitro benzene ring substituents is 1. The first-order valence-corrected chi connectivity index (χ1v) is 6.33. The van der Waals surface area contributed by atoms with Crippen LogP contribution in [0.4, 0.5) is 11.7 Å². The Morgan fingerprint density at radius 1 is 1.48 bits per heavy atom. The van der Waals surface area contributed by atoms with Crippen molar-refractivity contribution in [2.45, 2.75) is 20.0 Å². The Morgan fingerprint density at radius 3 is 3.10 bits per heavy atom. The van der Waals surface area contributed by atoms with Gasteiger partial charge in [0.2, 0.25) is 0 Å². The molecule has 3 aromatic rings. The van der Waals surface area contributed by atoms with E-state index in [0.29, 0.717) is 17.6 Å². The second-order valence-corrected chi connectivity index (χ2v) is 4.31. The first-order valence-electron chi connectivity index (χ1n) is 6.33. The zero-order valence-corrected chi connectivity index (χ0v) is 11.2. The Morgan fingerprint density at radius 2 is 2.33 bits per heavy atom. The van der Waals surface area contributed by atoms with E-state index < -0.39 is 4.92 Å². The number of benzene rings is 1. The summed E-state index contributed by atoms with van der Waals surface area (Å²) in [4.78, 5) is 14.4. The van der Waals surface area contributed by atoms with Crippen molar-refractivity contribution in [1.82, 2.24) is 19.7 Å². The van der Waals surface area contributed by atoms with Gasteiger partial charge in [-0.2, -0.15) is 4.98 Å². The lowest BCUT2D eigenvalue weighted by Crippen LogP contribution is -2.07. The number of rotatable bonds is 5. The second kappa shape index (κ2) is 5.19. The monoisotopic (exact) mass is 288 g/mol. The molecule has 1 aromatic carbocycles. The largest absolute Gasteiger partial charge is 0.423 e. The highest BCUT2D eigenvalue weighted by molar-refractivity contribution is 5.77. The second-order valence-electron chi connectivity index (χ2n) is 4.31. The van der Waals surface area contributed by atoms with Gasteiger partial charge in [-0.1, -0.05) is 0 Å². The third-order valence-electron chi connectivity index (χ3n) is 3.02. The van der Waals surface area contributed by atoms with Crippen molar-refractivity contribution in [3.63, 3.8) is 0 Å². The molecule has 0 amide bonds. The van der Waals surface area contributed by atoms with Crippen LogP contribution in [-0.4, -0.2) is 24.7 Å². The lowest BCUT2D eigenvalue weighted by Gasteiger charge is -2.02. The minimum absolute atomic E-state index is 0.0315. The summed E-state index contributed by atoms with van der Waals surface area (Å²) in [6, 6.07) is 4.58. The fourth-order valence-corrected chi connectivity index (χ4v) is 1.94. The maximum absolute atomic E-state index is 10.7. The van der Waals surface area contributed by atoms with Crippen LogP contribution in [-0.2, 0) is 13.1 Å². The molecule has 0 spiro atoms. The number of hydrogen-bond donors (Lipinski definition) is 1. The molecule has 0 saturated carbocycles. The van der Waals surface area contributed by atoms with Gasteiger partial charge in [0.25, 0.3) is 11.7 Å². The molecule has 108 valence electrons. The van der Waals surface area contributed by atoms with Crippen molar-refractivity contribution in [3.05, 3.63) is 40.5 Å². The number of nitrogens with one attached hydrogen (secondary N) is 1. The van der Waals surface area contributed by atoms with Crippen LogP contribution in [0.3, 0.4) is 0 Å². The van der Waals surface area contributed by atoms with Crippen molar-refractivity contribution in [1.29, 1.82) is 0 Å². The van der Waals surface area contributed by atoms with Gasteiger partial charge in [-0.05, 0) is 13.0 Å². The topological polar surface area (TPSA) is 112 Å². The third-order valence-corrected chi connectivity index (χ3v) is 3.02. The standard InChI is InChI=1S/C12H12N6O3/c1-2-17-7-14-16-11(17)6-13-12-15-9-4-3-8(18(19)20)5-10(9)21-12/h3-5,7H,2,6H2,1H3,(H,13,15). The van der Waals surface area contributed by atoms with E-state index >= 15 is 0 Å². The van der Waals surface area contributed by atoms with Crippen molar-refractivity contribution in [2.75, 3.05) is 5.32 Å². The average Bonchev–Trinajstić information content (AvgIpc) is 3.09. The normalized spacial score (nSPS) is 10.9. The highest BCUT2D eigenvalue weighted by Crippen LogP contribution is 2.23. The van der Waals surface area contributed by atoms with E-state index in [1.165, 1.54) is 12.1 Å². The molecule has 2 aromatic heterocycles. The van der Waals surface area contributed by atoms with Gasteiger partial charge in [-0.15, -0.1) is 10.2 Å². The maximum Gasteiger partial charge on any atom is 0.296 e. The first kappa shape index (κ1) is 13.0. The number of aryl methyl sites for hydroxylation is 1. The molecule has 0 aliphatic carbocycles. The van der Waals surface area contributed by atoms with E-state index in [1.807, 2.05) is 11.5 Å². The number of anilines is 1. The molecule has 0 bridgehead atoms. The molecular formula is C12H12N6O3. The summed E-state index contributed by atoms with van der Waals surface area (Å²) < 4.78 is 7.34. The van der Waals surface area contributed by atoms with E-state index in [-0.39, 0.29) is 11.7 Å². The Balaban J connectivity index is 1.80. The van der Waals surface area contributed by atoms with Crippen LogP contribution in [0.5, 0.6) is 0 Å². The molecule has 1 N–H and O–H groups in total. The minimum Gasteiger partial charge on any atom is -0.423 e. The Labute approximate surface area is 118 Å². The molecule has 0 radical (unpaired) electrons. The van der Waals surface area contributed by atoms with Crippen molar-refractivity contribution < 1.29 is 9.34 Å². The van der Waals surface area contributed by atoms with Crippen molar-refractivity contribution >= 4 is 22.8 Å². The molecule has 0 aliphatic heterocycles. The van der Waals surface area contributed by atoms with Crippen LogP contribution in [0, 0.1) is 10.1 Å². The van der Waals surface area contributed by atoms with Crippen LogP contribution < -0.4 is 5.32 Å². The quantitative estimate of drug-likeness (QED) is 0.564. The van der Waals surface area contributed by atoms with E-state index in [2.05, 4.69) is 20.5 Å². The summed E-state index contributed by atoms with van der Waals surface area (Å²) in [7, 11) is 0. The van der Waals surface area contributed by atoms with E-state index in [1.54, 1.807) is 12.4 Å². The van der Waals surface area contributed by atoms with Gasteiger partial charge >= 0.3 is 0 Å². The fourth-order valence-electron chi connectivity index (χ4n) is 1.94. The summed E-state index contributed by atoms with van der Waals surface area (Å²) in [5.74, 6) is 0.755. The lowest BCUT2D eigenvalue weighted by atomic mass is 10.3. The number of nitro benzene ring substituents is 1. The highest BCUT2D eigenvalue weighted by Gasteiger charge is 2.12. The summed E-state index contributed by atoms with van der Waals surface area (Å²) in [5, 5.41) is 21.5. The molecule has 2 heterocycles. The van der Waals surface area contributed by atoms with Crippen LogP contribution in [0.1, 0.15) is 12.7 Å². The van der Waals surface area contributed by atoms with Gasteiger partial charge in [-0.3, -0.25) is 10.1 Å². The summed E-state index contributed by atoms with van der Waals surface area (Å²) in [6.45, 7) is 3.16. The third kappa shape index (κ3) is 2.53. The number of oxazole rings is 1. The molecule has 0 aliphatic rings. The molecular weight excluding hydrogens is 276 g/mol.